The fourth-order valence-electron chi connectivity index (χ4n) is 2.78. The topological polar surface area (TPSA) is 75.7 Å². The number of fused-ring (bicyclic) bond motifs is 1. The summed E-state index contributed by atoms with van der Waals surface area (Å²) in [6.45, 7) is 2.20. The van der Waals surface area contributed by atoms with Crippen molar-refractivity contribution in [2.45, 2.75) is 19.6 Å². The summed E-state index contributed by atoms with van der Waals surface area (Å²) in [5.41, 5.74) is 2.39. The van der Waals surface area contributed by atoms with Crippen molar-refractivity contribution in [3.63, 3.8) is 0 Å². The minimum Gasteiger partial charge on any atom is -0.476 e. The number of nitrogens with one attached hydrogen (secondary N) is 1. The van der Waals surface area contributed by atoms with Gasteiger partial charge in [-0.2, -0.15) is 0 Å². The smallest absolute Gasteiger partial charge is 0.263 e. The van der Waals surface area contributed by atoms with E-state index in [1.54, 1.807) is 12.1 Å². The molecule has 0 saturated carbocycles. The van der Waals surface area contributed by atoms with Crippen LogP contribution in [-0.4, -0.2) is 33.2 Å². The summed E-state index contributed by atoms with van der Waals surface area (Å²) in [5, 5.41) is 3.20. The molecule has 0 saturated heterocycles. The molecule has 1 heterocycles. The molecule has 6 nitrogen and oxygen atoms in total. The number of nitrogens with zero attached hydrogens (tertiary/aromatic N) is 1. The summed E-state index contributed by atoms with van der Waals surface area (Å²) < 4.78 is 31.2. The van der Waals surface area contributed by atoms with Crippen LogP contribution in [0, 0.1) is 6.92 Å². The van der Waals surface area contributed by atoms with E-state index in [4.69, 9.17) is 16.3 Å². The van der Waals surface area contributed by atoms with Gasteiger partial charge in [-0.25, -0.2) is 8.42 Å². The average molecular weight is 395 g/mol. The van der Waals surface area contributed by atoms with E-state index in [1.807, 2.05) is 31.2 Å². The van der Waals surface area contributed by atoms with Crippen molar-refractivity contribution in [1.29, 1.82) is 0 Å². The maximum atomic E-state index is 12.5. The Morgan fingerprint density at radius 2 is 2.04 bits per heavy atom. The third-order valence-corrected chi connectivity index (χ3v) is 5.58. The molecular weight excluding hydrogens is 376 g/mol. The normalized spacial score (nSPS) is 16.6. The fourth-order valence-corrected chi connectivity index (χ4v) is 3.85. The maximum absolute atomic E-state index is 12.5. The van der Waals surface area contributed by atoms with Crippen molar-refractivity contribution in [2.75, 3.05) is 17.1 Å². The summed E-state index contributed by atoms with van der Waals surface area (Å²) in [6.07, 6.45) is 0.146. The first-order valence-electron chi connectivity index (χ1n) is 8.02. The van der Waals surface area contributed by atoms with Crippen LogP contribution in [0.1, 0.15) is 11.1 Å². The molecule has 0 unspecified atom stereocenters. The first-order chi connectivity index (χ1) is 12.3. The van der Waals surface area contributed by atoms with Crippen LogP contribution in [0.2, 0.25) is 5.02 Å². The Morgan fingerprint density at radius 3 is 2.73 bits per heavy atom. The van der Waals surface area contributed by atoms with Crippen LogP contribution in [0.25, 0.3) is 0 Å². The number of sulfonamides is 1. The largest absolute Gasteiger partial charge is 0.476 e. The molecule has 0 bridgehead atoms. The van der Waals surface area contributed by atoms with Crippen LogP contribution in [0.5, 0.6) is 5.75 Å². The molecule has 0 aromatic heterocycles. The van der Waals surface area contributed by atoms with Crippen LogP contribution < -0.4 is 14.4 Å². The maximum Gasteiger partial charge on any atom is 0.263 e. The molecule has 26 heavy (non-hydrogen) atoms. The van der Waals surface area contributed by atoms with Crippen molar-refractivity contribution in [3.05, 3.63) is 58.6 Å². The number of rotatable bonds is 4. The third kappa shape index (κ3) is 3.94. The highest BCUT2D eigenvalue weighted by atomic mass is 35.5. The molecule has 0 spiro atoms. The lowest BCUT2D eigenvalue weighted by molar-refractivity contribution is -0.127. The van der Waals surface area contributed by atoms with E-state index in [9.17, 15) is 13.2 Å². The molecular formula is C18H19ClN2O4S. The second-order valence-corrected chi connectivity index (χ2v) is 8.50. The number of benzene rings is 2. The summed E-state index contributed by atoms with van der Waals surface area (Å²) in [7, 11) is -3.58. The molecule has 2 aromatic carbocycles. The molecule has 1 N–H and O–H groups in total. The van der Waals surface area contributed by atoms with Gasteiger partial charge in [0.25, 0.3) is 5.91 Å². The van der Waals surface area contributed by atoms with E-state index in [0.717, 1.165) is 21.7 Å². The van der Waals surface area contributed by atoms with Crippen molar-refractivity contribution in [1.82, 2.24) is 5.32 Å². The number of amides is 1. The number of halogens is 1. The van der Waals surface area contributed by atoms with Gasteiger partial charge in [0, 0.05) is 11.6 Å². The Balaban J connectivity index is 1.80. The minimum absolute atomic E-state index is 0.105. The summed E-state index contributed by atoms with van der Waals surface area (Å²) in [5.74, 6) is -0.0652. The lowest BCUT2D eigenvalue weighted by Gasteiger charge is -2.34. The number of hydrogen-bond acceptors (Lipinski definition) is 4. The number of ether oxygens (including phenoxy) is 1. The van der Waals surface area contributed by atoms with Crippen LogP contribution in [0.3, 0.4) is 0 Å². The van der Waals surface area contributed by atoms with Gasteiger partial charge < -0.3 is 10.1 Å². The van der Waals surface area contributed by atoms with Gasteiger partial charge in [0.2, 0.25) is 10.0 Å². The number of carbonyl (C=O) groups excluding carboxylic acids is 1. The van der Waals surface area contributed by atoms with Gasteiger partial charge in [0.1, 0.15) is 5.75 Å². The number of carbonyl (C=O) groups is 1. The molecule has 138 valence electrons. The predicted molar refractivity (Wildman–Crippen MR) is 101 cm³/mol. The first-order valence-corrected chi connectivity index (χ1v) is 10.2. The van der Waals surface area contributed by atoms with Crippen LogP contribution in [0.4, 0.5) is 5.69 Å². The van der Waals surface area contributed by atoms with Crippen molar-refractivity contribution < 1.29 is 17.9 Å². The number of anilines is 1. The lowest BCUT2D eigenvalue weighted by Crippen LogP contribution is -2.50. The number of aryl methyl sites for hydroxylation is 1. The van der Waals surface area contributed by atoms with Gasteiger partial charge in [0.15, 0.2) is 6.10 Å². The average Bonchev–Trinajstić information content (AvgIpc) is 2.59. The summed E-state index contributed by atoms with van der Waals surface area (Å²) in [4.78, 5) is 12.5. The first kappa shape index (κ1) is 18.5. The summed E-state index contributed by atoms with van der Waals surface area (Å²) >= 11 is 5.97. The second-order valence-electron chi connectivity index (χ2n) is 6.16. The molecule has 1 aliphatic rings. The Labute approximate surface area is 157 Å². The van der Waals surface area contributed by atoms with E-state index in [0.29, 0.717) is 23.0 Å². The van der Waals surface area contributed by atoms with Crippen molar-refractivity contribution in [2.24, 2.45) is 0 Å². The molecule has 8 heteroatoms. The van der Waals surface area contributed by atoms with Gasteiger partial charge in [-0.05, 0) is 36.2 Å². The Bertz CT molecular complexity index is 946. The molecule has 3 rings (SSSR count). The van der Waals surface area contributed by atoms with E-state index >= 15 is 0 Å². The SMILES string of the molecule is Cc1ccccc1CNC(=O)[C@@H]1CN(S(C)(=O)=O)c2cc(Cl)ccc2O1. The molecule has 2 aromatic rings. The number of hydrogen-bond donors (Lipinski definition) is 1. The monoisotopic (exact) mass is 394 g/mol. The zero-order valence-corrected chi connectivity index (χ0v) is 16.0. The van der Waals surface area contributed by atoms with E-state index in [2.05, 4.69) is 5.32 Å². The van der Waals surface area contributed by atoms with Crippen LogP contribution >= 0.6 is 11.6 Å². The lowest BCUT2D eigenvalue weighted by atomic mass is 10.1. The Hall–Kier alpha value is -2.25. The van der Waals surface area contributed by atoms with Gasteiger partial charge in [-0.15, -0.1) is 0 Å². The molecule has 0 fully saturated rings. The van der Waals surface area contributed by atoms with Gasteiger partial charge in [0.05, 0.1) is 18.5 Å². The van der Waals surface area contributed by atoms with Crippen LogP contribution in [-0.2, 0) is 21.4 Å². The molecule has 0 aliphatic carbocycles. The van der Waals surface area contributed by atoms with Gasteiger partial charge >= 0.3 is 0 Å². The van der Waals surface area contributed by atoms with E-state index in [1.165, 1.54) is 6.07 Å². The van der Waals surface area contributed by atoms with Gasteiger partial charge in [-0.3, -0.25) is 9.10 Å². The third-order valence-electron chi connectivity index (χ3n) is 4.20. The van der Waals surface area contributed by atoms with Crippen molar-refractivity contribution >= 4 is 33.2 Å². The quantitative estimate of drug-likeness (QED) is 0.864. The molecule has 1 aliphatic heterocycles. The zero-order chi connectivity index (χ0) is 18.9. The van der Waals surface area contributed by atoms with E-state index in [-0.39, 0.29) is 12.5 Å². The van der Waals surface area contributed by atoms with Crippen molar-refractivity contribution in [3.8, 4) is 5.75 Å². The standard InChI is InChI=1S/C18H19ClN2O4S/c1-12-5-3-4-6-13(12)10-20-18(22)17-11-21(26(2,23)24)15-9-14(19)7-8-16(15)25-17/h3-9,17H,10-11H2,1-2H3,(H,20,22)/t17-/m0/s1. The van der Waals surface area contributed by atoms with Gasteiger partial charge in [-0.1, -0.05) is 35.9 Å². The van der Waals surface area contributed by atoms with E-state index < -0.39 is 16.1 Å². The minimum atomic E-state index is -3.58. The Morgan fingerprint density at radius 1 is 1.31 bits per heavy atom. The Kier molecular flexibility index (Phi) is 5.11. The zero-order valence-electron chi connectivity index (χ0n) is 14.4. The van der Waals surface area contributed by atoms with Crippen LogP contribution in [0.15, 0.2) is 42.5 Å². The highest BCUT2D eigenvalue weighted by Crippen LogP contribution is 2.37. The summed E-state index contributed by atoms with van der Waals surface area (Å²) in [6, 6.07) is 12.4. The predicted octanol–water partition coefficient (Wildman–Crippen LogP) is 2.49. The molecule has 0 radical (unpaired) electrons. The molecule has 1 atom stereocenters. The highest BCUT2D eigenvalue weighted by molar-refractivity contribution is 7.92. The molecule has 1 amide bonds. The second kappa shape index (κ2) is 7.17. The highest BCUT2D eigenvalue weighted by Gasteiger charge is 2.35. The fraction of sp³-hybridized carbons (Fsp3) is 0.278.